The van der Waals surface area contributed by atoms with Crippen molar-refractivity contribution in [1.29, 1.82) is 0 Å². The highest BCUT2D eigenvalue weighted by Crippen LogP contribution is 2.39. The van der Waals surface area contributed by atoms with Crippen molar-refractivity contribution in [3.63, 3.8) is 0 Å². The molecule has 2 fully saturated rings. The lowest BCUT2D eigenvalue weighted by Crippen LogP contribution is -2.48. The Kier molecular flexibility index (Phi) is 5.79. The summed E-state index contributed by atoms with van der Waals surface area (Å²) in [5, 5.41) is 15.0. The molecule has 120 valence electrons. The van der Waals surface area contributed by atoms with Crippen LogP contribution in [0.5, 0.6) is 0 Å². The number of amides is 2. The van der Waals surface area contributed by atoms with Gasteiger partial charge in [0, 0.05) is 17.3 Å². The zero-order valence-electron chi connectivity index (χ0n) is 12.7. The van der Waals surface area contributed by atoms with Crippen LogP contribution in [0.1, 0.15) is 51.4 Å². The van der Waals surface area contributed by atoms with Gasteiger partial charge in [0.1, 0.15) is 0 Å². The number of nitrogens with one attached hydrogen (secondary N) is 2. The zero-order chi connectivity index (χ0) is 15.3. The summed E-state index contributed by atoms with van der Waals surface area (Å²) in [6.45, 7) is 0.703. The third kappa shape index (κ3) is 4.53. The molecule has 2 aliphatic carbocycles. The molecule has 6 heteroatoms. The van der Waals surface area contributed by atoms with Crippen LogP contribution in [0, 0.1) is 5.92 Å². The highest BCUT2D eigenvalue weighted by Gasteiger charge is 2.33. The van der Waals surface area contributed by atoms with E-state index in [1.807, 2.05) is 11.8 Å². The van der Waals surface area contributed by atoms with Crippen LogP contribution in [0.2, 0.25) is 0 Å². The Morgan fingerprint density at radius 3 is 2.57 bits per heavy atom. The van der Waals surface area contributed by atoms with Crippen LogP contribution >= 0.6 is 11.8 Å². The van der Waals surface area contributed by atoms with Crippen LogP contribution in [0.15, 0.2) is 0 Å². The quantitative estimate of drug-likeness (QED) is 0.729. The molecular weight excluding hydrogens is 288 g/mol. The number of aliphatic carboxylic acids is 1. The van der Waals surface area contributed by atoms with Gasteiger partial charge in [0.2, 0.25) is 0 Å². The Labute approximate surface area is 130 Å². The Morgan fingerprint density at radius 1 is 1.24 bits per heavy atom. The van der Waals surface area contributed by atoms with Gasteiger partial charge in [-0.2, -0.15) is 11.8 Å². The highest BCUT2D eigenvalue weighted by molar-refractivity contribution is 8.00. The van der Waals surface area contributed by atoms with E-state index in [0.29, 0.717) is 13.0 Å². The van der Waals surface area contributed by atoms with Crippen molar-refractivity contribution in [2.45, 2.75) is 62.2 Å². The second-order valence-electron chi connectivity index (χ2n) is 6.32. The van der Waals surface area contributed by atoms with Crippen molar-refractivity contribution in [3.05, 3.63) is 0 Å². The Bertz CT molecular complexity index is 383. The molecule has 0 spiro atoms. The summed E-state index contributed by atoms with van der Waals surface area (Å²) in [7, 11) is 0. The minimum atomic E-state index is -0.741. The second kappa shape index (κ2) is 7.38. The molecule has 2 rings (SSSR count). The molecule has 0 aromatic carbocycles. The molecular formula is C15H26N2O3S. The Hall–Kier alpha value is -0.910. The molecule has 0 aromatic heterocycles. The number of carbonyl (C=O) groups is 2. The molecule has 0 aliphatic heterocycles. The van der Waals surface area contributed by atoms with Gasteiger partial charge in [0.25, 0.3) is 0 Å². The predicted molar refractivity (Wildman–Crippen MR) is 84.6 cm³/mol. The van der Waals surface area contributed by atoms with E-state index in [1.165, 1.54) is 25.7 Å². The lowest BCUT2D eigenvalue weighted by atomic mass is 9.86. The number of thioether (sulfide) groups is 1. The largest absolute Gasteiger partial charge is 0.481 e. The first-order valence-corrected chi connectivity index (χ1v) is 9.09. The fourth-order valence-corrected chi connectivity index (χ4v) is 4.41. The van der Waals surface area contributed by atoms with Gasteiger partial charge in [0.05, 0.1) is 5.92 Å². The first-order valence-electron chi connectivity index (χ1n) is 7.87. The standard InChI is InChI=1S/C15H26N2O3S/c1-21-15(7-2-3-8-15)10-16-14(20)17-12-6-4-5-11(9-12)13(18)19/h11-12H,2-10H2,1H3,(H,18,19)(H2,16,17,20). The average molecular weight is 314 g/mol. The molecule has 2 atom stereocenters. The summed E-state index contributed by atoms with van der Waals surface area (Å²) in [5.41, 5.74) is 0. The van der Waals surface area contributed by atoms with Crippen molar-refractivity contribution < 1.29 is 14.7 Å². The SMILES string of the molecule is CSC1(CNC(=O)NC2CCCC(C(=O)O)C2)CCCC1. The topological polar surface area (TPSA) is 78.4 Å². The summed E-state index contributed by atoms with van der Waals surface area (Å²) < 4.78 is 0.202. The predicted octanol–water partition coefficient (Wildman–Crippen LogP) is 2.60. The Morgan fingerprint density at radius 2 is 1.95 bits per heavy atom. The van der Waals surface area contributed by atoms with Crippen molar-refractivity contribution in [2.75, 3.05) is 12.8 Å². The van der Waals surface area contributed by atoms with Gasteiger partial charge >= 0.3 is 12.0 Å². The van der Waals surface area contributed by atoms with Gasteiger partial charge in [0.15, 0.2) is 0 Å². The van der Waals surface area contributed by atoms with E-state index in [1.54, 1.807) is 0 Å². The maximum Gasteiger partial charge on any atom is 0.315 e. The normalized spacial score (nSPS) is 28.0. The third-order valence-electron chi connectivity index (χ3n) is 4.88. The van der Waals surface area contributed by atoms with Crippen LogP contribution in [-0.2, 0) is 4.79 Å². The van der Waals surface area contributed by atoms with Crippen molar-refractivity contribution in [3.8, 4) is 0 Å². The minimum absolute atomic E-state index is 0.00587. The van der Waals surface area contributed by atoms with Gasteiger partial charge in [-0.1, -0.05) is 19.3 Å². The van der Waals surface area contributed by atoms with E-state index >= 15 is 0 Å². The van der Waals surface area contributed by atoms with E-state index < -0.39 is 5.97 Å². The molecule has 0 heterocycles. The van der Waals surface area contributed by atoms with Crippen LogP contribution in [-0.4, -0.2) is 40.7 Å². The fraction of sp³-hybridized carbons (Fsp3) is 0.867. The first-order chi connectivity index (χ1) is 10.0. The number of hydrogen-bond donors (Lipinski definition) is 3. The molecule has 0 saturated heterocycles. The maximum atomic E-state index is 12.0. The molecule has 2 unspecified atom stereocenters. The van der Waals surface area contributed by atoms with Crippen LogP contribution in [0.4, 0.5) is 4.79 Å². The summed E-state index contributed by atoms with van der Waals surface area (Å²) in [4.78, 5) is 23.1. The number of rotatable bonds is 5. The zero-order valence-corrected chi connectivity index (χ0v) is 13.5. The van der Waals surface area contributed by atoms with Crippen LogP contribution in [0.3, 0.4) is 0 Å². The number of carbonyl (C=O) groups excluding carboxylic acids is 1. The number of urea groups is 1. The summed E-state index contributed by atoms with van der Waals surface area (Å²) in [6.07, 6.45) is 9.96. The molecule has 21 heavy (non-hydrogen) atoms. The van der Waals surface area contributed by atoms with Gasteiger partial charge in [-0.3, -0.25) is 4.79 Å². The lowest BCUT2D eigenvalue weighted by molar-refractivity contribution is -0.143. The molecule has 2 saturated carbocycles. The van der Waals surface area contributed by atoms with Crippen LogP contribution < -0.4 is 10.6 Å². The van der Waals surface area contributed by atoms with E-state index in [4.69, 9.17) is 5.11 Å². The monoisotopic (exact) mass is 314 g/mol. The molecule has 2 aliphatic rings. The van der Waals surface area contributed by atoms with Gasteiger partial charge < -0.3 is 15.7 Å². The van der Waals surface area contributed by atoms with E-state index in [2.05, 4.69) is 16.9 Å². The van der Waals surface area contributed by atoms with Gasteiger partial charge in [-0.25, -0.2) is 4.79 Å². The van der Waals surface area contributed by atoms with Gasteiger partial charge in [-0.15, -0.1) is 0 Å². The van der Waals surface area contributed by atoms with E-state index in [9.17, 15) is 9.59 Å². The molecule has 5 nitrogen and oxygen atoms in total. The minimum Gasteiger partial charge on any atom is -0.481 e. The van der Waals surface area contributed by atoms with Crippen molar-refractivity contribution >= 4 is 23.8 Å². The van der Waals surface area contributed by atoms with E-state index in [0.717, 1.165) is 19.3 Å². The molecule has 0 aromatic rings. The number of carboxylic acids is 1. The van der Waals surface area contributed by atoms with Crippen LogP contribution in [0.25, 0.3) is 0 Å². The second-order valence-corrected chi connectivity index (χ2v) is 7.59. The molecule has 2 amide bonds. The number of carboxylic acid groups (broad SMARTS) is 1. The highest BCUT2D eigenvalue weighted by atomic mass is 32.2. The molecule has 0 radical (unpaired) electrons. The van der Waals surface area contributed by atoms with Gasteiger partial charge in [-0.05, 0) is 38.4 Å². The van der Waals surface area contributed by atoms with E-state index in [-0.39, 0.29) is 22.7 Å². The first kappa shape index (κ1) is 16.5. The summed E-state index contributed by atoms with van der Waals surface area (Å²) >= 11 is 1.85. The summed E-state index contributed by atoms with van der Waals surface area (Å²) in [5.74, 6) is -1.05. The smallest absolute Gasteiger partial charge is 0.315 e. The number of hydrogen-bond acceptors (Lipinski definition) is 3. The molecule has 0 bridgehead atoms. The van der Waals surface area contributed by atoms with Crippen molar-refractivity contribution in [1.82, 2.24) is 10.6 Å². The van der Waals surface area contributed by atoms with Crippen molar-refractivity contribution in [2.24, 2.45) is 5.92 Å². The molecule has 3 N–H and O–H groups in total. The third-order valence-corrected chi connectivity index (χ3v) is 6.30. The lowest BCUT2D eigenvalue weighted by Gasteiger charge is -2.30. The average Bonchev–Trinajstić information content (AvgIpc) is 2.95. The Balaban J connectivity index is 1.75. The summed E-state index contributed by atoms with van der Waals surface area (Å²) in [6, 6.07) is -0.153. The fourth-order valence-electron chi connectivity index (χ4n) is 3.50. The maximum absolute atomic E-state index is 12.0.